The van der Waals surface area contributed by atoms with Crippen LogP contribution in [0.25, 0.3) is 0 Å². The Hall–Kier alpha value is -1.40. The summed E-state index contributed by atoms with van der Waals surface area (Å²) >= 11 is 0. The zero-order valence-electron chi connectivity index (χ0n) is 9.10. The Balaban J connectivity index is 2.24. The van der Waals surface area contributed by atoms with E-state index in [0.717, 1.165) is 25.5 Å². The third kappa shape index (κ3) is 4.90. The molecule has 0 fully saturated rings. The van der Waals surface area contributed by atoms with E-state index in [2.05, 4.69) is 11.2 Å². The number of rotatable bonds is 6. The molecule has 0 saturated carbocycles. The molecule has 0 bridgehead atoms. The van der Waals surface area contributed by atoms with Crippen LogP contribution in [0.15, 0.2) is 18.2 Å². The predicted molar refractivity (Wildman–Crippen MR) is 61.0 cm³/mol. The lowest BCUT2D eigenvalue weighted by atomic mass is 10.1. The van der Waals surface area contributed by atoms with Crippen LogP contribution >= 0.6 is 0 Å². The molecule has 3 heteroatoms. The van der Waals surface area contributed by atoms with Crippen molar-refractivity contribution in [3.05, 3.63) is 35.4 Å². The maximum absolute atomic E-state index is 12.8. The first-order chi connectivity index (χ1) is 7.72. The van der Waals surface area contributed by atoms with E-state index in [1.54, 1.807) is 0 Å². The molecule has 0 aliphatic rings. The number of benzene rings is 1. The monoisotopic (exact) mass is 223 g/mol. The molecule has 1 N–H and O–H groups in total. The summed E-state index contributed by atoms with van der Waals surface area (Å²) in [4.78, 5) is 0. The minimum atomic E-state index is -0.526. The van der Waals surface area contributed by atoms with E-state index in [0.29, 0.717) is 18.5 Å². The summed E-state index contributed by atoms with van der Waals surface area (Å²) in [7, 11) is 0. The van der Waals surface area contributed by atoms with Gasteiger partial charge in [-0.3, -0.25) is 0 Å². The van der Waals surface area contributed by atoms with E-state index in [9.17, 15) is 8.78 Å². The second-order valence-electron chi connectivity index (χ2n) is 3.59. The van der Waals surface area contributed by atoms with Gasteiger partial charge in [-0.25, -0.2) is 8.78 Å². The van der Waals surface area contributed by atoms with E-state index < -0.39 is 11.6 Å². The summed E-state index contributed by atoms with van der Waals surface area (Å²) in [6.45, 7) is 1.54. The molecule has 1 aromatic rings. The van der Waals surface area contributed by atoms with Gasteiger partial charge in [-0.05, 0) is 43.6 Å². The number of unbranched alkanes of at least 4 members (excludes halogenated alkanes) is 1. The molecule has 0 unspecified atom stereocenters. The molecule has 0 aliphatic heterocycles. The van der Waals surface area contributed by atoms with Crippen LogP contribution in [0.2, 0.25) is 0 Å². The van der Waals surface area contributed by atoms with Crippen molar-refractivity contribution in [1.29, 1.82) is 0 Å². The van der Waals surface area contributed by atoms with Crippen molar-refractivity contribution in [2.45, 2.75) is 19.3 Å². The average molecular weight is 223 g/mol. The molecule has 0 aromatic heterocycles. The lowest BCUT2D eigenvalue weighted by Crippen LogP contribution is -2.18. The number of hydrogen-bond acceptors (Lipinski definition) is 1. The fourth-order valence-electron chi connectivity index (χ4n) is 1.43. The maximum atomic E-state index is 12.8. The Morgan fingerprint density at radius 3 is 2.44 bits per heavy atom. The summed E-state index contributed by atoms with van der Waals surface area (Å²) in [5.41, 5.74) is 0.668. The lowest BCUT2D eigenvalue weighted by molar-refractivity contribution is 0.577. The summed E-state index contributed by atoms with van der Waals surface area (Å²) in [6, 6.07) is 3.59. The molecule has 0 amide bonds. The van der Waals surface area contributed by atoms with Crippen LogP contribution in [0.1, 0.15) is 18.4 Å². The van der Waals surface area contributed by atoms with Crippen molar-refractivity contribution < 1.29 is 8.78 Å². The van der Waals surface area contributed by atoms with Crippen LogP contribution in [0.4, 0.5) is 8.78 Å². The first kappa shape index (κ1) is 12.7. The van der Waals surface area contributed by atoms with Gasteiger partial charge < -0.3 is 5.32 Å². The second kappa shape index (κ2) is 6.97. The lowest BCUT2D eigenvalue weighted by Gasteiger charge is -2.04. The SMILES string of the molecule is C#CCCCNCCc1cc(F)cc(F)c1. The number of terminal acetylenes is 1. The number of hydrogen-bond donors (Lipinski definition) is 1. The van der Waals surface area contributed by atoms with Gasteiger partial charge in [0.25, 0.3) is 0 Å². The largest absolute Gasteiger partial charge is 0.316 e. The van der Waals surface area contributed by atoms with Crippen molar-refractivity contribution in [2.24, 2.45) is 0 Å². The Morgan fingerprint density at radius 2 is 1.81 bits per heavy atom. The van der Waals surface area contributed by atoms with E-state index in [-0.39, 0.29) is 0 Å². The third-order valence-corrected chi connectivity index (χ3v) is 2.19. The standard InChI is InChI=1S/C13H15F2N/c1-2-3-4-6-16-7-5-11-8-12(14)10-13(15)9-11/h1,8-10,16H,3-7H2. The van der Waals surface area contributed by atoms with Gasteiger partial charge in [-0.15, -0.1) is 12.3 Å². The van der Waals surface area contributed by atoms with E-state index in [1.165, 1.54) is 12.1 Å². The highest BCUT2D eigenvalue weighted by Gasteiger charge is 1.99. The highest BCUT2D eigenvalue weighted by Crippen LogP contribution is 2.07. The smallest absolute Gasteiger partial charge is 0.126 e. The van der Waals surface area contributed by atoms with Crippen molar-refractivity contribution in [1.82, 2.24) is 5.32 Å². The summed E-state index contributed by atoms with van der Waals surface area (Å²) in [6.07, 6.45) is 7.40. The molecule has 16 heavy (non-hydrogen) atoms. The van der Waals surface area contributed by atoms with Gasteiger partial charge in [0.2, 0.25) is 0 Å². The van der Waals surface area contributed by atoms with Gasteiger partial charge in [-0.1, -0.05) is 0 Å². The summed E-state index contributed by atoms with van der Waals surface area (Å²) in [5.74, 6) is 1.50. The summed E-state index contributed by atoms with van der Waals surface area (Å²) in [5, 5.41) is 3.17. The van der Waals surface area contributed by atoms with Crippen molar-refractivity contribution in [2.75, 3.05) is 13.1 Å². The zero-order valence-corrected chi connectivity index (χ0v) is 9.10. The molecule has 86 valence electrons. The normalized spacial score (nSPS) is 10.1. The van der Waals surface area contributed by atoms with Gasteiger partial charge >= 0.3 is 0 Å². The first-order valence-corrected chi connectivity index (χ1v) is 5.31. The summed E-state index contributed by atoms with van der Waals surface area (Å²) < 4.78 is 25.6. The van der Waals surface area contributed by atoms with Crippen molar-refractivity contribution in [3.8, 4) is 12.3 Å². The molecular formula is C13H15F2N. The Morgan fingerprint density at radius 1 is 1.12 bits per heavy atom. The van der Waals surface area contributed by atoms with Gasteiger partial charge in [0.15, 0.2) is 0 Å². The van der Waals surface area contributed by atoms with Crippen LogP contribution in [0.5, 0.6) is 0 Å². The van der Waals surface area contributed by atoms with Gasteiger partial charge in [0, 0.05) is 12.5 Å². The average Bonchev–Trinajstić information content (AvgIpc) is 2.22. The molecular weight excluding hydrogens is 208 g/mol. The molecule has 0 saturated heterocycles. The maximum Gasteiger partial charge on any atom is 0.126 e. The molecule has 0 atom stereocenters. The molecule has 0 spiro atoms. The third-order valence-electron chi connectivity index (χ3n) is 2.19. The van der Waals surface area contributed by atoms with Crippen LogP contribution < -0.4 is 5.32 Å². The number of halogens is 2. The molecule has 1 aromatic carbocycles. The van der Waals surface area contributed by atoms with E-state index >= 15 is 0 Å². The van der Waals surface area contributed by atoms with Crippen LogP contribution in [0.3, 0.4) is 0 Å². The van der Waals surface area contributed by atoms with Crippen LogP contribution in [-0.2, 0) is 6.42 Å². The second-order valence-corrected chi connectivity index (χ2v) is 3.59. The zero-order chi connectivity index (χ0) is 11.8. The minimum Gasteiger partial charge on any atom is -0.316 e. The van der Waals surface area contributed by atoms with E-state index in [4.69, 9.17) is 6.42 Å². The van der Waals surface area contributed by atoms with Crippen molar-refractivity contribution in [3.63, 3.8) is 0 Å². The molecule has 0 aliphatic carbocycles. The van der Waals surface area contributed by atoms with Gasteiger partial charge in [0.05, 0.1) is 0 Å². The predicted octanol–water partition coefficient (Wildman–Crippen LogP) is 2.51. The topological polar surface area (TPSA) is 12.0 Å². The van der Waals surface area contributed by atoms with E-state index in [1.807, 2.05) is 0 Å². The van der Waals surface area contributed by atoms with Crippen LogP contribution in [0, 0.1) is 24.0 Å². The quantitative estimate of drug-likeness (QED) is 0.577. The first-order valence-electron chi connectivity index (χ1n) is 5.31. The molecule has 1 rings (SSSR count). The highest BCUT2D eigenvalue weighted by molar-refractivity contribution is 5.18. The Kier molecular flexibility index (Phi) is 5.52. The Labute approximate surface area is 94.9 Å². The molecule has 1 nitrogen and oxygen atoms in total. The van der Waals surface area contributed by atoms with Crippen molar-refractivity contribution >= 4 is 0 Å². The van der Waals surface area contributed by atoms with Gasteiger partial charge in [0.1, 0.15) is 11.6 Å². The van der Waals surface area contributed by atoms with Gasteiger partial charge in [-0.2, -0.15) is 0 Å². The number of nitrogens with one attached hydrogen (secondary N) is 1. The Bertz CT molecular complexity index is 348. The molecule has 0 heterocycles. The molecule has 0 radical (unpaired) electrons. The minimum absolute atomic E-state index is 0.526. The fourth-order valence-corrected chi connectivity index (χ4v) is 1.43. The fraction of sp³-hybridized carbons (Fsp3) is 0.385. The van der Waals surface area contributed by atoms with Crippen LogP contribution in [-0.4, -0.2) is 13.1 Å². The highest BCUT2D eigenvalue weighted by atomic mass is 19.1.